The van der Waals surface area contributed by atoms with Crippen LogP contribution in [0.3, 0.4) is 0 Å². The molecule has 0 aliphatic heterocycles. The molecule has 0 heterocycles. The molecule has 16 heavy (non-hydrogen) atoms. The zero-order valence-electron chi connectivity index (χ0n) is 11.1. The molecule has 0 aromatic rings. The van der Waals surface area contributed by atoms with Crippen LogP contribution in [0.4, 0.5) is 0 Å². The molecule has 92 valence electrons. The van der Waals surface area contributed by atoms with Gasteiger partial charge in [0.15, 0.2) is 0 Å². The molecule has 1 heteroatoms. The van der Waals surface area contributed by atoms with Crippen molar-refractivity contribution in [3.63, 3.8) is 0 Å². The van der Waals surface area contributed by atoms with Crippen molar-refractivity contribution in [3.05, 3.63) is 0 Å². The summed E-state index contributed by atoms with van der Waals surface area (Å²) in [6.07, 6.45) is 11.9. The maximum Gasteiger partial charge on any atom is 0.0243 e. The topological polar surface area (TPSA) is 12.0 Å². The number of hydrogen-bond acceptors (Lipinski definition) is 1. The van der Waals surface area contributed by atoms with Crippen LogP contribution in [0.15, 0.2) is 0 Å². The summed E-state index contributed by atoms with van der Waals surface area (Å²) < 4.78 is 0. The van der Waals surface area contributed by atoms with E-state index in [2.05, 4.69) is 32.0 Å². The average molecular weight is 221 g/mol. The van der Waals surface area contributed by atoms with E-state index in [1.54, 1.807) is 0 Å². The van der Waals surface area contributed by atoms with Crippen LogP contribution in [0.2, 0.25) is 0 Å². The molecule has 0 amide bonds. The van der Waals surface area contributed by atoms with E-state index in [9.17, 15) is 0 Å². The predicted octanol–water partition coefficient (Wildman–Crippen LogP) is 3.45. The van der Waals surface area contributed by atoms with Crippen LogP contribution >= 0.6 is 0 Å². The predicted molar refractivity (Wildman–Crippen MR) is 71.2 cm³/mol. The molecule has 0 radical (unpaired) electrons. The van der Waals surface area contributed by atoms with E-state index in [-0.39, 0.29) is 0 Å². The summed E-state index contributed by atoms with van der Waals surface area (Å²) in [5.41, 5.74) is 0. The van der Waals surface area contributed by atoms with E-state index in [0.717, 1.165) is 30.7 Å². The molecule has 1 aliphatic rings. The van der Waals surface area contributed by atoms with Crippen molar-refractivity contribution < 1.29 is 0 Å². The van der Waals surface area contributed by atoms with Crippen molar-refractivity contribution in [2.24, 2.45) is 17.8 Å². The van der Waals surface area contributed by atoms with Gasteiger partial charge in [-0.15, -0.1) is 12.3 Å². The summed E-state index contributed by atoms with van der Waals surface area (Å²) in [5, 5.41) is 3.55. The standard InChI is InChI=1S/C15H27N/c1-5-7-15(16-6-2)14-10-8-13(9-11-14)12(3)4/h1,12-16H,6-11H2,2-4H3. The first-order chi connectivity index (χ1) is 7.69. The van der Waals surface area contributed by atoms with E-state index < -0.39 is 0 Å². The van der Waals surface area contributed by atoms with Gasteiger partial charge in [0.2, 0.25) is 0 Å². The molecule has 0 spiro atoms. The van der Waals surface area contributed by atoms with Gasteiger partial charge in [0.1, 0.15) is 0 Å². The SMILES string of the molecule is C#CCC(NCC)C1CCC(C(C)C)CC1. The summed E-state index contributed by atoms with van der Waals surface area (Å²) in [6.45, 7) is 7.92. The van der Waals surface area contributed by atoms with Gasteiger partial charge in [-0.2, -0.15) is 0 Å². The summed E-state index contributed by atoms with van der Waals surface area (Å²) in [6, 6.07) is 0.558. The van der Waals surface area contributed by atoms with Crippen LogP contribution in [0.25, 0.3) is 0 Å². The monoisotopic (exact) mass is 221 g/mol. The van der Waals surface area contributed by atoms with Gasteiger partial charge in [-0.3, -0.25) is 0 Å². The highest BCUT2D eigenvalue weighted by Crippen LogP contribution is 2.35. The van der Waals surface area contributed by atoms with Crippen molar-refractivity contribution in [3.8, 4) is 12.3 Å². The lowest BCUT2D eigenvalue weighted by molar-refractivity contribution is 0.190. The van der Waals surface area contributed by atoms with Crippen molar-refractivity contribution in [2.75, 3.05) is 6.54 Å². The highest BCUT2D eigenvalue weighted by atomic mass is 14.9. The lowest BCUT2D eigenvalue weighted by Gasteiger charge is -2.35. The van der Waals surface area contributed by atoms with Crippen LogP contribution in [0, 0.1) is 30.1 Å². The van der Waals surface area contributed by atoms with Crippen molar-refractivity contribution in [1.29, 1.82) is 0 Å². The first-order valence-electron chi connectivity index (χ1n) is 6.85. The lowest BCUT2D eigenvalue weighted by Crippen LogP contribution is -2.38. The Labute approximate surface area is 101 Å². The lowest BCUT2D eigenvalue weighted by atomic mass is 9.74. The molecule has 1 rings (SSSR count). The molecular weight excluding hydrogens is 194 g/mol. The van der Waals surface area contributed by atoms with Gasteiger partial charge < -0.3 is 5.32 Å². The third-order valence-corrected chi connectivity index (χ3v) is 4.13. The van der Waals surface area contributed by atoms with Gasteiger partial charge in [-0.05, 0) is 50.0 Å². The minimum absolute atomic E-state index is 0.558. The van der Waals surface area contributed by atoms with Gasteiger partial charge in [0, 0.05) is 12.5 Å². The van der Waals surface area contributed by atoms with E-state index in [1.165, 1.54) is 25.7 Å². The Hall–Kier alpha value is -0.480. The second kappa shape index (κ2) is 6.97. The highest BCUT2D eigenvalue weighted by Gasteiger charge is 2.27. The second-order valence-corrected chi connectivity index (χ2v) is 5.49. The quantitative estimate of drug-likeness (QED) is 0.701. The van der Waals surface area contributed by atoms with Crippen LogP contribution < -0.4 is 5.32 Å². The molecule has 1 N–H and O–H groups in total. The van der Waals surface area contributed by atoms with Crippen molar-refractivity contribution in [1.82, 2.24) is 5.32 Å². The number of terminal acetylenes is 1. The Morgan fingerprint density at radius 3 is 2.19 bits per heavy atom. The van der Waals surface area contributed by atoms with Gasteiger partial charge >= 0.3 is 0 Å². The summed E-state index contributed by atoms with van der Waals surface area (Å²) in [7, 11) is 0. The zero-order chi connectivity index (χ0) is 12.0. The molecule has 0 aromatic carbocycles. The summed E-state index contributed by atoms with van der Waals surface area (Å²) in [5.74, 6) is 5.43. The largest absolute Gasteiger partial charge is 0.313 e. The van der Waals surface area contributed by atoms with Crippen molar-refractivity contribution >= 4 is 0 Å². The third-order valence-electron chi connectivity index (χ3n) is 4.13. The Kier molecular flexibility index (Phi) is 5.91. The molecule has 1 unspecified atom stereocenters. The zero-order valence-corrected chi connectivity index (χ0v) is 11.1. The average Bonchev–Trinajstić information content (AvgIpc) is 2.29. The van der Waals surface area contributed by atoms with Crippen LogP contribution in [0.5, 0.6) is 0 Å². The van der Waals surface area contributed by atoms with E-state index >= 15 is 0 Å². The Balaban J connectivity index is 2.41. The molecule has 1 fully saturated rings. The Morgan fingerprint density at radius 2 is 1.75 bits per heavy atom. The smallest absolute Gasteiger partial charge is 0.0243 e. The summed E-state index contributed by atoms with van der Waals surface area (Å²) >= 11 is 0. The summed E-state index contributed by atoms with van der Waals surface area (Å²) in [4.78, 5) is 0. The van der Waals surface area contributed by atoms with Crippen LogP contribution in [-0.2, 0) is 0 Å². The molecule has 0 bridgehead atoms. The first-order valence-corrected chi connectivity index (χ1v) is 6.85. The molecule has 0 saturated heterocycles. The normalized spacial score (nSPS) is 27.7. The maximum atomic E-state index is 5.45. The first kappa shape index (κ1) is 13.6. The number of hydrogen-bond donors (Lipinski definition) is 1. The van der Waals surface area contributed by atoms with Gasteiger partial charge in [-0.1, -0.05) is 20.8 Å². The third kappa shape index (κ3) is 3.83. The Bertz CT molecular complexity index is 218. The fourth-order valence-corrected chi connectivity index (χ4v) is 3.01. The molecule has 1 nitrogen and oxygen atoms in total. The van der Waals surface area contributed by atoms with E-state index in [4.69, 9.17) is 6.42 Å². The fraction of sp³-hybridized carbons (Fsp3) is 0.867. The minimum atomic E-state index is 0.558. The van der Waals surface area contributed by atoms with Crippen LogP contribution in [-0.4, -0.2) is 12.6 Å². The van der Waals surface area contributed by atoms with E-state index in [0.29, 0.717) is 6.04 Å². The molecule has 1 aliphatic carbocycles. The number of nitrogens with one attached hydrogen (secondary N) is 1. The Morgan fingerprint density at radius 1 is 1.19 bits per heavy atom. The van der Waals surface area contributed by atoms with Gasteiger partial charge in [0.25, 0.3) is 0 Å². The van der Waals surface area contributed by atoms with Crippen LogP contribution in [0.1, 0.15) is 52.9 Å². The molecule has 0 aromatic heterocycles. The van der Waals surface area contributed by atoms with E-state index in [1.807, 2.05) is 0 Å². The fourth-order valence-electron chi connectivity index (χ4n) is 3.01. The maximum absolute atomic E-state index is 5.45. The minimum Gasteiger partial charge on any atom is -0.313 e. The van der Waals surface area contributed by atoms with Gasteiger partial charge in [0.05, 0.1) is 0 Å². The number of rotatable bonds is 5. The second-order valence-electron chi connectivity index (χ2n) is 5.49. The molecular formula is C15H27N. The molecule has 1 saturated carbocycles. The highest BCUT2D eigenvalue weighted by molar-refractivity contribution is 4.93. The molecule has 1 atom stereocenters. The van der Waals surface area contributed by atoms with Gasteiger partial charge in [-0.25, -0.2) is 0 Å². The van der Waals surface area contributed by atoms with Crippen molar-refractivity contribution in [2.45, 2.75) is 58.9 Å².